The van der Waals surface area contributed by atoms with E-state index in [2.05, 4.69) is 0 Å². The number of phenols is 10. The van der Waals surface area contributed by atoms with E-state index in [1.54, 1.807) is 54.6 Å². The molecule has 0 atom stereocenters. The van der Waals surface area contributed by atoms with Crippen LogP contribution in [0.2, 0.25) is 0 Å². The Balaban J connectivity index is 1.73. The molecule has 0 amide bonds. The Morgan fingerprint density at radius 2 is 0.690 bits per heavy atom. The van der Waals surface area contributed by atoms with E-state index >= 15 is 0 Å². The van der Waals surface area contributed by atoms with Gasteiger partial charge in [-0.05, 0) is 18.2 Å². The van der Waals surface area contributed by atoms with Crippen LogP contribution in [0.5, 0.6) is 57.5 Å². The van der Waals surface area contributed by atoms with Gasteiger partial charge in [0.1, 0.15) is 22.7 Å². The van der Waals surface area contributed by atoms with Gasteiger partial charge in [0.15, 0.2) is 23.0 Å². The molecule has 0 spiro atoms. The van der Waals surface area contributed by atoms with Crippen molar-refractivity contribution < 1.29 is 51.1 Å². The highest BCUT2D eigenvalue weighted by Gasteiger charge is 2.30. The molecule has 3 heterocycles. The van der Waals surface area contributed by atoms with Crippen molar-refractivity contribution in [3.8, 4) is 68.9 Å². The summed E-state index contributed by atoms with van der Waals surface area (Å²) in [5.74, 6) is -10.5. The average molecular weight is 569 g/mol. The highest BCUT2D eigenvalue weighted by atomic mass is 16.4. The van der Waals surface area contributed by atoms with Gasteiger partial charge in [0.05, 0.1) is 11.0 Å². The highest BCUT2D eigenvalue weighted by molar-refractivity contribution is 6.17. The Kier molecular flexibility index (Phi) is 4.74. The SMILES string of the molecule is Oc1c(O)c(O)c(-n2c3ccccc3c3cc4c5ccccc5n(-c5c(O)c(O)c(O)c(O)c5O)c4nc32)c(O)c1O. The van der Waals surface area contributed by atoms with Crippen LogP contribution in [0.1, 0.15) is 0 Å². The quantitative estimate of drug-likeness (QED) is 0.104. The van der Waals surface area contributed by atoms with Crippen LogP contribution < -0.4 is 0 Å². The Labute approximate surface area is 232 Å². The van der Waals surface area contributed by atoms with Gasteiger partial charge in [0.2, 0.25) is 34.5 Å². The number of aromatic hydroxyl groups is 10. The third-order valence-electron chi connectivity index (χ3n) is 7.41. The summed E-state index contributed by atoms with van der Waals surface area (Å²) in [7, 11) is 0. The van der Waals surface area contributed by atoms with Crippen molar-refractivity contribution in [1.29, 1.82) is 0 Å². The van der Waals surface area contributed by atoms with Gasteiger partial charge in [0.25, 0.3) is 0 Å². The van der Waals surface area contributed by atoms with Crippen molar-refractivity contribution >= 4 is 43.9 Å². The van der Waals surface area contributed by atoms with Crippen LogP contribution in [-0.4, -0.2) is 65.2 Å². The first-order valence-electron chi connectivity index (χ1n) is 12.3. The number of hydrogen-bond donors (Lipinski definition) is 10. The highest BCUT2D eigenvalue weighted by Crippen LogP contribution is 2.55. The smallest absolute Gasteiger partial charge is 0.208 e. The largest absolute Gasteiger partial charge is 0.503 e. The van der Waals surface area contributed by atoms with E-state index in [4.69, 9.17) is 4.98 Å². The van der Waals surface area contributed by atoms with Crippen LogP contribution in [0.4, 0.5) is 0 Å². The average Bonchev–Trinajstić information content (AvgIpc) is 3.49. The Bertz CT molecular complexity index is 2100. The fraction of sp³-hybridized carbons (Fsp3) is 0. The molecule has 4 aromatic carbocycles. The third-order valence-corrected chi connectivity index (χ3v) is 7.41. The molecular formula is C29H19N3O10. The second-order valence-corrected chi connectivity index (χ2v) is 9.62. The van der Waals surface area contributed by atoms with Gasteiger partial charge in [-0.15, -0.1) is 0 Å². The first-order chi connectivity index (χ1) is 20.0. The fourth-order valence-corrected chi connectivity index (χ4v) is 5.47. The summed E-state index contributed by atoms with van der Waals surface area (Å²) in [5.41, 5.74) is -0.181. The normalized spacial score (nSPS) is 11.8. The minimum absolute atomic E-state index is 0.0500. The van der Waals surface area contributed by atoms with Gasteiger partial charge in [-0.25, -0.2) is 4.98 Å². The van der Waals surface area contributed by atoms with Crippen LogP contribution in [-0.2, 0) is 0 Å². The van der Waals surface area contributed by atoms with Gasteiger partial charge >= 0.3 is 0 Å². The number of para-hydroxylation sites is 2. The minimum Gasteiger partial charge on any atom is -0.503 e. The number of rotatable bonds is 2. The van der Waals surface area contributed by atoms with Crippen LogP contribution in [0.15, 0.2) is 54.6 Å². The lowest BCUT2D eigenvalue weighted by molar-refractivity contribution is 0.327. The molecule has 0 aliphatic rings. The summed E-state index contributed by atoms with van der Waals surface area (Å²) in [5, 5.41) is 106. The van der Waals surface area contributed by atoms with Crippen molar-refractivity contribution in [3.63, 3.8) is 0 Å². The van der Waals surface area contributed by atoms with E-state index < -0.39 is 68.9 Å². The summed E-state index contributed by atoms with van der Waals surface area (Å²) in [6.07, 6.45) is 0. The molecule has 42 heavy (non-hydrogen) atoms. The maximum Gasteiger partial charge on any atom is 0.208 e. The molecule has 0 fully saturated rings. The summed E-state index contributed by atoms with van der Waals surface area (Å²) < 4.78 is 2.47. The number of pyridine rings is 1. The molecule has 0 radical (unpaired) electrons. The molecule has 0 saturated carbocycles. The second-order valence-electron chi connectivity index (χ2n) is 9.62. The van der Waals surface area contributed by atoms with Crippen molar-refractivity contribution in [2.75, 3.05) is 0 Å². The zero-order chi connectivity index (χ0) is 29.8. The number of fused-ring (bicyclic) bond motifs is 6. The number of nitrogens with zero attached hydrogens (tertiary/aromatic N) is 3. The van der Waals surface area contributed by atoms with E-state index in [0.717, 1.165) is 0 Å². The van der Waals surface area contributed by atoms with Crippen LogP contribution in [0, 0.1) is 0 Å². The molecule has 3 aromatic heterocycles. The van der Waals surface area contributed by atoms with Crippen LogP contribution >= 0.6 is 0 Å². The molecular weight excluding hydrogens is 550 g/mol. The van der Waals surface area contributed by atoms with Crippen LogP contribution in [0.3, 0.4) is 0 Å². The van der Waals surface area contributed by atoms with Gasteiger partial charge in [-0.1, -0.05) is 36.4 Å². The summed E-state index contributed by atoms with van der Waals surface area (Å²) in [6.45, 7) is 0. The molecule has 0 saturated heterocycles. The predicted octanol–water partition coefficient (Wildman–Crippen LogP) is 4.33. The number of hydrogen-bond acceptors (Lipinski definition) is 11. The lowest BCUT2D eigenvalue weighted by Gasteiger charge is -2.16. The second kappa shape index (κ2) is 8.08. The first-order valence-corrected chi connectivity index (χ1v) is 12.3. The van der Waals surface area contributed by atoms with Gasteiger partial charge in [-0.3, -0.25) is 9.13 Å². The Morgan fingerprint density at radius 1 is 0.381 bits per heavy atom. The maximum atomic E-state index is 10.8. The summed E-state index contributed by atoms with van der Waals surface area (Å²) in [6, 6.07) is 15.3. The minimum atomic E-state index is -1.14. The van der Waals surface area contributed by atoms with Gasteiger partial charge in [-0.2, -0.15) is 0 Å². The van der Waals surface area contributed by atoms with E-state index in [-0.39, 0.29) is 11.3 Å². The first kappa shape index (κ1) is 24.7. The third kappa shape index (κ3) is 2.87. The maximum absolute atomic E-state index is 10.8. The molecule has 13 nitrogen and oxygen atoms in total. The van der Waals surface area contributed by atoms with E-state index in [1.165, 1.54) is 9.13 Å². The lowest BCUT2D eigenvalue weighted by atomic mass is 10.1. The molecule has 7 rings (SSSR count). The lowest BCUT2D eigenvalue weighted by Crippen LogP contribution is -2.01. The summed E-state index contributed by atoms with van der Waals surface area (Å²) in [4.78, 5) is 4.76. The van der Waals surface area contributed by atoms with E-state index in [0.29, 0.717) is 32.6 Å². The van der Waals surface area contributed by atoms with Crippen LogP contribution in [0.25, 0.3) is 55.2 Å². The zero-order valence-corrected chi connectivity index (χ0v) is 21.0. The van der Waals surface area contributed by atoms with Crippen molar-refractivity contribution in [2.24, 2.45) is 0 Å². The van der Waals surface area contributed by atoms with E-state index in [9.17, 15) is 51.1 Å². The fourth-order valence-electron chi connectivity index (χ4n) is 5.47. The van der Waals surface area contributed by atoms with Crippen molar-refractivity contribution in [2.45, 2.75) is 0 Å². The Hall–Kier alpha value is -6.37. The number of phenolic OH excluding ortho intramolecular Hbond substituents is 10. The summed E-state index contributed by atoms with van der Waals surface area (Å²) >= 11 is 0. The molecule has 0 aliphatic carbocycles. The molecule has 0 unspecified atom stereocenters. The molecule has 10 N–H and O–H groups in total. The van der Waals surface area contributed by atoms with Gasteiger partial charge in [0, 0.05) is 21.5 Å². The monoisotopic (exact) mass is 569 g/mol. The Morgan fingerprint density at radius 3 is 1.05 bits per heavy atom. The molecule has 7 aromatic rings. The molecule has 13 heteroatoms. The van der Waals surface area contributed by atoms with Crippen molar-refractivity contribution in [3.05, 3.63) is 54.6 Å². The van der Waals surface area contributed by atoms with E-state index in [1.807, 2.05) is 0 Å². The molecule has 210 valence electrons. The number of aromatic nitrogens is 3. The molecule has 0 aliphatic heterocycles. The van der Waals surface area contributed by atoms with Crippen molar-refractivity contribution in [1.82, 2.24) is 14.1 Å². The zero-order valence-electron chi connectivity index (χ0n) is 21.0. The molecule has 0 bridgehead atoms. The predicted molar refractivity (Wildman–Crippen MR) is 150 cm³/mol. The topological polar surface area (TPSA) is 225 Å². The van der Waals surface area contributed by atoms with Gasteiger partial charge < -0.3 is 51.1 Å². The number of benzene rings is 4. The standard InChI is InChI=1S/C29H19N3O10/c33-18-16(19(34)23(38)26(41)22(18)37)31-14-7-3-1-5-10(14)12-9-13-11-6-2-4-8-15(11)32(29(13)30-28(12)31)17-20(35)24(39)27(42)25(40)21(17)36/h1-9,33-42H.